The summed E-state index contributed by atoms with van der Waals surface area (Å²) >= 11 is 0. The van der Waals surface area contributed by atoms with Crippen LogP contribution in [0.5, 0.6) is 0 Å². The molecule has 1 N–H and O–H groups in total. The smallest absolute Gasteiger partial charge is 0.396 e. The lowest BCUT2D eigenvalue weighted by molar-refractivity contribution is -0.352. The van der Waals surface area contributed by atoms with Crippen molar-refractivity contribution in [1.29, 1.82) is 0 Å². The van der Waals surface area contributed by atoms with E-state index in [4.69, 9.17) is 5.11 Å². The van der Waals surface area contributed by atoms with Crippen molar-refractivity contribution in [1.82, 2.24) is 0 Å². The zero-order valence-corrected chi connectivity index (χ0v) is 8.93. The number of hydrogen-bond acceptors (Lipinski definition) is 1. The van der Waals surface area contributed by atoms with Gasteiger partial charge in [-0.3, -0.25) is 0 Å². The summed E-state index contributed by atoms with van der Waals surface area (Å²) in [7, 11) is 0. The van der Waals surface area contributed by atoms with Crippen molar-refractivity contribution >= 4 is 0 Å². The maximum Gasteiger partial charge on any atom is 0.431 e. The fourth-order valence-corrected chi connectivity index (χ4v) is 1.27. The molecule has 11 heteroatoms. The van der Waals surface area contributed by atoms with Crippen LogP contribution in [0.2, 0.25) is 0 Å². The minimum absolute atomic E-state index is 1.32. The lowest BCUT2D eigenvalue weighted by atomic mass is 9.88. The molecular weight excluding hydrogens is 302 g/mol. The molecular formula is C8H8F10O. The van der Waals surface area contributed by atoms with E-state index < -0.39 is 49.6 Å². The van der Waals surface area contributed by atoms with Gasteiger partial charge in [-0.05, 0) is 6.42 Å². The van der Waals surface area contributed by atoms with Gasteiger partial charge < -0.3 is 5.11 Å². The van der Waals surface area contributed by atoms with Crippen LogP contribution >= 0.6 is 0 Å². The van der Waals surface area contributed by atoms with E-state index >= 15 is 0 Å². The zero-order chi connectivity index (χ0) is 15.7. The van der Waals surface area contributed by atoms with Gasteiger partial charge in [0.05, 0.1) is 5.92 Å². The molecule has 116 valence electrons. The molecule has 0 saturated carbocycles. The van der Waals surface area contributed by atoms with Gasteiger partial charge in [-0.2, -0.15) is 39.5 Å². The first-order valence-electron chi connectivity index (χ1n) is 4.66. The van der Waals surface area contributed by atoms with Gasteiger partial charge in [0.2, 0.25) is 0 Å². The van der Waals surface area contributed by atoms with Gasteiger partial charge >= 0.3 is 18.5 Å². The molecule has 0 aromatic rings. The lowest BCUT2D eigenvalue weighted by Gasteiger charge is -2.33. The molecule has 0 fully saturated rings. The van der Waals surface area contributed by atoms with E-state index in [-0.39, 0.29) is 0 Å². The maximum absolute atomic E-state index is 13.1. The van der Waals surface area contributed by atoms with Crippen molar-refractivity contribution in [2.24, 2.45) is 5.92 Å². The number of halogens is 10. The summed E-state index contributed by atoms with van der Waals surface area (Å²) in [6.45, 7) is -1.32. The van der Waals surface area contributed by atoms with E-state index in [1.165, 1.54) is 0 Å². The van der Waals surface area contributed by atoms with Crippen LogP contribution in [-0.2, 0) is 0 Å². The summed E-state index contributed by atoms with van der Waals surface area (Å²) in [5, 5.41) is 8.22. The van der Waals surface area contributed by atoms with Crippen molar-refractivity contribution in [3.05, 3.63) is 0 Å². The third-order valence-electron chi connectivity index (χ3n) is 2.37. The van der Waals surface area contributed by atoms with Crippen molar-refractivity contribution in [2.75, 3.05) is 6.61 Å². The molecule has 0 amide bonds. The van der Waals surface area contributed by atoms with Gasteiger partial charge in [-0.1, -0.05) is 0 Å². The molecule has 0 aliphatic heterocycles. The minimum atomic E-state index is -6.54. The molecule has 0 saturated heterocycles. The highest BCUT2D eigenvalue weighted by atomic mass is 19.4. The van der Waals surface area contributed by atoms with Gasteiger partial charge in [0.15, 0.2) is 0 Å². The van der Waals surface area contributed by atoms with Crippen LogP contribution in [0.1, 0.15) is 12.8 Å². The molecule has 0 heterocycles. The van der Waals surface area contributed by atoms with Crippen LogP contribution in [0.15, 0.2) is 0 Å². The standard InChI is InChI=1S/C8H8F10O/c9-5(7(13,14)15,8(16,17)18)3-4(1-2-19)6(10,11)12/h4,19H,1-3H2/t4-/m0/s1. The fourth-order valence-electron chi connectivity index (χ4n) is 1.27. The Hall–Kier alpha value is -0.740. The molecule has 1 nitrogen and oxygen atoms in total. The van der Waals surface area contributed by atoms with Gasteiger partial charge in [-0.15, -0.1) is 0 Å². The largest absolute Gasteiger partial charge is 0.431 e. The summed E-state index contributed by atoms with van der Waals surface area (Å²) in [6.07, 6.45) is -22.9. The van der Waals surface area contributed by atoms with Crippen LogP contribution in [0.3, 0.4) is 0 Å². The number of hydrogen-bond donors (Lipinski definition) is 1. The van der Waals surface area contributed by atoms with E-state index in [1.54, 1.807) is 0 Å². The molecule has 0 aliphatic rings. The summed E-state index contributed by atoms with van der Waals surface area (Å²) in [5.41, 5.74) is -5.98. The van der Waals surface area contributed by atoms with E-state index in [0.29, 0.717) is 0 Å². The predicted octanol–water partition coefficient (Wildman–Crippen LogP) is 3.77. The normalized spacial score (nSPS) is 16.6. The Bertz CT molecular complexity index is 273. The molecule has 19 heavy (non-hydrogen) atoms. The highest BCUT2D eigenvalue weighted by Crippen LogP contribution is 2.52. The Labute approximate surface area is 99.7 Å². The second-order valence-corrected chi connectivity index (χ2v) is 3.75. The van der Waals surface area contributed by atoms with Gasteiger partial charge in [0.1, 0.15) is 0 Å². The lowest BCUT2D eigenvalue weighted by Crippen LogP contribution is -2.55. The number of alkyl halides is 10. The monoisotopic (exact) mass is 310 g/mol. The van der Waals surface area contributed by atoms with Gasteiger partial charge in [0.25, 0.3) is 5.67 Å². The van der Waals surface area contributed by atoms with E-state index in [0.717, 1.165) is 0 Å². The first-order valence-corrected chi connectivity index (χ1v) is 4.66. The molecule has 1 atom stereocenters. The molecule has 0 aliphatic carbocycles. The molecule has 0 radical (unpaired) electrons. The summed E-state index contributed by atoms with van der Waals surface area (Å²) in [5.74, 6) is -3.26. The van der Waals surface area contributed by atoms with Crippen LogP contribution in [0.25, 0.3) is 0 Å². The van der Waals surface area contributed by atoms with Crippen LogP contribution < -0.4 is 0 Å². The Morgan fingerprint density at radius 1 is 0.737 bits per heavy atom. The van der Waals surface area contributed by atoms with Crippen molar-refractivity contribution in [2.45, 2.75) is 37.0 Å². The molecule has 0 unspecified atom stereocenters. The van der Waals surface area contributed by atoms with Crippen LogP contribution in [0.4, 0.5) is 43.9 Å². The second-order valence-electron chi connectivity index (χ2n) is 3.75. The van der Waals surface area contributed by atoms with E-state index in [1.807, 2.05) is 0 Å². The maximum atomic E-state index is 13.1. The topological polar surface area (TPSA) is 20.2 Å². The average molecular weight is 310 g/mol. The molecule has 0 aromatic heterocycles. The van der Waals surface area contributed by atoms with Crippen LogP contribution in [-0.4, -0.2) is 35.9 Å². The first-order chi connectivity index (χ1) is 8.17. The van der Waals surface area contributed by atoms with Gasteiger partial charge in [0, 0.05) is 13.0 Å². The molecule has 0 spiro atoms. The molecule has 0 aromatic carbocycles. The summed E-state index contributed by atoms with van der Waals surface area (Å²) in [6, 6.07) is 0. The van der Waals surface area contributed by atoms with E-state index in [2.05, 4.69) is 0 Å². The first kappa shape index (κ1) is 18.3. The zero-order valence-electron chi connectivity index (χ0n) is 8.93. The Morgan fingerprint density at radius 2 is 1.11 bits per heavy atom. The highest BCUT2D eigenvalue weighted by molar-refractivity contribution is 4.97. The second kappa shape index (κ2) is 5.33. The van der Waals surface area contributed by atoms with Crippen molar-refractivity contribution in [3.8, 4) is 0 Å². The quantitative estimate of drug-likeness (QED) is 0.784. The highest BCUT2D eigenvalue weighted by Gasteiger charge is 2.73. The van der Waals surface area contributed by atoms with Crippen molar-refractivity contribution in [3.63, 3.8) is 0 Å². The van der Waals surface area contributed by atoms with Crippen molar-refractivity contribution < 1.29 is 49.0 Å². The fraction of sp³-hybridized carbons (Fsp3) is 1.00. The van der Waals surface area contributed by atoms with Gasteiger partial charge in [-0.25, -0.2) is 4.39 Å². The average Bonchev–Trinajstić information content (AvgIpc) is 2.11. The minimum Gasteiger partial charge on any atom is -0.396 e. The summed E-state index contributed by atoms with van der Waals surface area (Å²) < 4.78 is 122. The Balaban J connectivity index is 5.45. The number of rotatable bonds is 4. The van der Waals surface area contributed by atoms with Crippen LogP contribution in [0, 0.1) is 5.92 Å². The molecule has 0 rings (SSSR count). The number of aliphatic hydroxyl groups is 1. The molecule has 0 bridgehead atoms. The number of aliphatic hydroxyl groups excluding tert-OH is 1. The summed E-state index contributed by atoms with van der Waals surface area (Å²) in [4.78, 5) is 0. The Morgan fingerprint density at radius 3 is 1.32 bits per heavy atom. The third kappa shape index (κ3) is 4.11. The van der Waals surface area contributed by atoms with E-state index in [9.17, 15) is 43.9 Å². The Kier molecular flexibility index (Phi) is 5.12. The predicted molar refractivity (Wildman–Crippen MR) is 41.8 cm³/mol. The SMILES string of the molecule is OCC[C@@H](CC(F)(C(F)(F)F)C(F)(F)F)C(F)(F)F. The third-order valence-corrected chi connectivity index (χ3v) is 2.37.